The van der Waals surface area contributed by atoms with Gasteiger partial charge in [0, 0.05) is 19.9 Å². The molecule has 2 aliphatic heterocycles. The zero-order chi connectivity index (χ0) is 31.7. The van der Waals surface area contributed by atoms with E-state index < -0.39 is 85.0 Å². The molecule has 1 aromatic carbocycles. The van der Waals surface area contributed by atoms with Crippen LogP contribution in [0.2, 0.25) is 0 Å². The number of ether oxygens (including phenoxy) is 3. The van der Waals surface area contributed by atoms with Crippen LogP contribution in [0.4, 0.5) is 0 Å². The van der Waals surface area contributed by atoms with Crippen molar-refractivity contribution in [2.45, 2.75) is 95.0 Å². The second kappa shape index (κ2) is 15.7. The smallest absolute Gasteiger partial charge is 0.303 e. The number of likely N-dealkylation sites (tertiary alicyclic amines) is 1. The van der Waals surface area contributed by atoms with E-state index in [9.17, 15) is 34.2 Å². The van der Waals surface area contributed by atoms with E-state index in [2.05, 4.69) is 10.6 Å². The van der Waals surface area contributed by atoms with Crippen molar-refractivity contribution in [2.75, 3.05) is 13.2 Å². The molecule has 7 N–H and O–H groups in total. The predicted octanol–water partition coefficient (Wildman–Crippen LogP) is -1.61. The summed E-state index contributed by atoms with van der Waals surface area (Å²) >= 11 is 0. The number of carboxylic acids is 1. The fraction of sp³-hybridized carbons (Fsp3) is 0.607. The van der Waals surface area contributed by atoms with Crippen LogP contribution < -0.4 is 16.4 Å². The Morgan fingerprint density at radius 2 is 1.88 bits per heavy atom. The minimum atomic E-state index is -1.46. The van der Waals surface area contributed by atoms with Crippen molar-refractivity contribution >= 4 is 29.6 Å². The number of hydrogen-bond acceptors (Lipinski definition) is 10. The van der Waals surface area contributed by atoms with Gasteiger partial charge in [0.05, 0.1) is 13.2 Å². The zero-order valence-electron chi connectivity index (χ0n) is 24.1. The van der Waals surface area contributed by atoms with E-state index in [-0.39, 0.29) is 32.4 Å². The Morgan fingerprint density at radius 3 is 2.49 bits per heavy atom. The summed E-state index contributed by atoms with van der Waals surface area (Å²) < 4.78 is 17.7. The zero-order valence-corrected chi connectivity index (χ0v) is 24.1. The van der Waals surface area contributed by atoms with Gasteiger partial charge in [-0.15, -0.1) is 0 Å². The molecule has 0 aromatic heterocycles. The number of hydrogen-bond donors (Lipinski definition) is 6. The molecule has 2 fully saturated rings. The Kier molecular flexibility index (Phi) is 12.4. The molecule has 238 valence electrons. The summed E-state index contributed by atoms with van der Waals surface area (Å²) in [5, 5.41) is 34.9. The van der Waals surface area contributed by atoms with E-state index in [0.717, 1.165) is 5.56 Å². The molecule has 15 nitrogen and oxygen atoms in total. The number of primary amides is 1. The molecule has 2 saturated heterocycles. The highest BCUT2D eigenvalue weighted by Crippen LogP contribution is 2.28. The highest BCUT2D eigenvalue weighted by Gasteiger charge is 2.49. The number of benzene rings is 1. The average Bonchev–Trinajstić information content (AvgIpc) is 3.46. The number of nitrogens with two attached hydrogens (primary N) is 1. The van der Waals surface area contributed by atoms with Gasteiger partial charge in [-0.25, -0.2) is 0 Å². The van der Waals surface area contributed by atoms with E-state index >= 15 is 0 Å². The molecule has 4 amide bonds. The van der Waals surface area contributed by atoms with Crippen molar-refractivity contribution in [3.05, 3.63) is 35.9 Å². The first-order chi connectivity index (χ1) is 20.4. The molecule has 8 atom stereocenters. The Bertz CT molecular complexity index is 1140. The second-order valence-electron chi connectivity index (χ2n) is 10.6. The third-order valence-electron chi connectivity index (χ3n) is 7.33. The van der Waals surface area contributed by atoms with Crippen LogP contribution in [0.25, 0.3) is 0 Å². The maximum absolute atomic E-state index is 13.5. The number of nitrogens with one attached hydrogen (secondary N) is 2. The van der Waals surface area contributed by atoms with Crippen LogP contribution in [0, 0.1) is 0 Å². The van der Waals surface area contributed by atoms with Gasteiger partial charge in [0.1, 0.15) is 42.5 Å². The summed E-state index contributed by atoms with van der Waals surface area (Å²) in [6.07, 6.45) is -6.08. The lowest BCUT2D eigenvalue weighted by Gasteiger charge is -2.45. The lowest BCUT2D eigenvalue weighted by molar-refractivity contribution is -0.283. The summed E-state index contributed by atoms with van der Waals surface area (Å²) in [6.45, 7) is 2.37. The molecule has 2 heterocycles. The fourth-order valence-corrected chi connectivity index (χ4v) is 5.16. The van der Waals surface area contributed by atoms with Crippen LogP contribution in [-0.4, -0.2) is 112 Å². The van der Waals surface area contributed by atoms with Crippen molar-refractivity contribution in [2.24, 2.45) is 5.73 Å². The summed E-state index contributed by atoms with van der Waals surface area (Å²) in [7, 11) is 0. The monoisotopic (exact) mass is 608 g/mol. The van der Waals surface area contributed by atoms with Crippen molar-refractivity contribution in [1.82, 2.24) is 15.5 Å². The van der Waals surface area contributed by atoms with Gasteiger partial charge in [0.2, 0.25) is 17.7 Å². The van der Waals surface area contributed by atoms with Gasteiger partial charge in [-0.05, 0) is 31.7 Å². The van der Waals surface area contributed by atoms with Gasteiger partial charge in [-0.3, -0.25) is 24.0 Å². The number of carbonyl (C=O) groups is 5. The van der Waals surface area contributed by atoms with Gasteiger partial charge in [-0.1, -0.05) is 30.3 Å². The molecule has 1 aromatic rings. The van der Waals surface area contributed by atoms with E-state index in [0.29, 0.717) is 6.42 Å². The largest absolute Gasteiger partial charge is 0.481 e. The molecule has 3 rings (SSSR count). The lowest BCUT2D eigenvalue weighted by Crippen LogP contribution is -2.66. The molecule has 0 spiro atoms. The SMILES string of the molecule is CC(=O)N[C@H]1[C@@H](OCc2ccccc2)O[C@H](CO)[C@@H](O)[C@@H]1OC(C)C(=O)N1CCC[C@H]1C(=O)N[C@H](CCC(=O)O)C(N)=O. The Labute approximate surface area is 248 Å². The highest BCUT2D eigenvalue weighted by molar-refractivity contribution is 5.93. The molecular formula is C28H40N4O11. The molecule has 2 aliphatic rings. The first-order valence-electron chi connectivity index (χ1n) is 14.1. The highest BCUT2D eigenvalue weighted by atomic mass is 16.7. The van der Waals surface area contributed by atoms with Crippen LogP contribution in [-0.2, 0) is 44.8 Å². The molecule has 43 heavy (non-hydrogen) atoms. The van der Waals surface area contributed by atoms with Gasteiger partial charge >= 0.3 is 5.97 Å². The minimum absolute atomic E-state index is 0.0837. The van der Waals surface area contributed by atoms with Crippen molar-refractivity contribution < 1.29 is 53.5 Å². The third-order valence-corrected chi connectivity index (χ3v) is 7.33. The summed E-state index contributed by atoms with van der Waals surface area (Å²) in [5.74, 6) is -3.80. The van der Waals surface area contributed by atoms with Gasteiger partial charge in [0.15, 0.2) is 6.29 Å². The fourth-order valence-electron chi connectivity index (χ4n) is 5.16. The quantitative estimate of drug-likeness (QED) is 0.141. The van der Waals surface area contributed by atoms with Crippen molar-refractivity contribution in [1.29, 1.82) is 0 Å². The number of aliphatic hydroxyl groups excluding tert-OH is 2. The summed E-state index contributed by atoms with van der Waals surface area (Å²) in [4.78, 5) is 62.6. The number of carbonyl (C=O) groups excluding carboxylic acids is 4. The number of carboxylic acid groups (broad SMARTS) is 1. The number of nitrogens with zero attached hydrogens (tertiary/aromatic N) is 1. The van der Waals surface area contributed by atoms with Crippen LogP contribution >= 0.6 is 0 Å². The Hall–Kier alpha value is -3.63. The molecule has 0 radical (unpaired) electrons. The third kappa shape index (κ3) is 9.18. The summed E-state index contributed by atoms with van der Waals surface area (Å²) in [6, 6.07) is 5.86. The summed E-state index contributed by atoms with van der Waals surface area (Å²) in [5.41, 5.74) is 6.13. The van der Waals surface area contributed by atoms with E-state index in [1.165, 1.54) is 18.7 Å². The molecule has 1 unspecified atom stereocenters. The average molecular weight is 609 g/mol. The van der Waals surface area contributed by atoms with Crippen LogP contribution in [0.15, 0.2) is 30.3 Å². The van der Waals surface area contributed by atoms with Crippen LogP contribution in [0.5, 0.6) is 0 Å². The second-order valence-corrected chi connectivity index (χ2v) is 10.6. The molecular weight excluding hydrogens is 568 g/mol. The normalized spacial score (nSPS) is 26.7. The first kappa shape index (κ1) is 33.9. The molecule has 0 saturated carbocycles. The van der Waals surface area contributed by atoms with Gasteiger partial charge < -0.3 is 50.8 Å². The molecule has 0 aliphatic carbocycles. The maximum Gasteiger partial charge on any atom is 0.303 e. The minimum Gasteiger partial charge on any atom is -0.481 e. The van der Waals surface area contributed by atoms with Gasteiger partial charge in [0.25, 0.3) is 5.91 Å². The first-order valence-corrected chi connectivity index (χ1v) is 14.1. The van der Waals surface area contributed by atoms with E-state index in [4.69, 9.17) is 25.1 Å². The molecule has 15 heteroatoms. The van der Waals surface area contributed by atoms with Crippen molar-refractivity contribution in [3.8, 4) is 0 Å². The number of rotatable bonds is 14. The van der Waals surface area contributed by atoms with E-state index in [1.54, 1.807) is 0 Å². The van der Waals surface area contributed by atoms with Crippen molar-refractivity contribution in [3.63, 3.8) is 0 Å². The molecule has 0 bridgehead atoms. The topological polar surface area (TPSA) is 227 Å². The predicted molar refractivity (Wildman–Crippen MR) is 148 cm³/mol. The Morgan fingerprint density at radius 1 is 1.19 bits per heavy atom. The van der Waals surface area contributed by atoms with Gasteiger partial charge in [-0.2, -0.15) is 0 Å². The van der Waals surface area contributed by atoms with Crippen LogP contribution in [0.1, 0.15) is 45.1 Å². The maximum atomic E-state index is 13.5. The Balaban J connectivity index is 1.74. The number of amides is 4. The lowest BCUT2D eigenvalue weighted by atomic mass is 9.96. The van der Waals surface area contributed by atoms with E-state index in [1.807, 2.05) is 30.3 Å². The number of aliphatic hydroxyl groups is 2. The van der Waals surface area contributed by atoms with Crippen LogP contribution in [0.3, 0.4) is 0 Å². The number of aliphatic carboxylic acids is 1. The standard InChI is InChI=1S/C28H40N4O11/c1-15(27(40)32-12-6-9-19(32)26(39)31-18(25(29)38)10-11-21(35)36)42-24-22(30-16(2)34)28(43-20(13-33)23(24)37)41-14-17-7-4-3-5-8-17/h3-5,7-8,15,18-20,22-24,28,33,37H,6,9-14H2,1-2H3,(H2,29,38)(H,30,34)(H,31,39)(H,35,36)/t15?,18-,19+,20-,22-,23-,24-,28+/m1/s1.